The topological polar surface area (TPSA) is 73.9 Å². The van der Waals surface area contributed by atoms with Gasteiger partial charge in [0.15, 0.2) is 0 Å². The Kier molecular flexibility index (Phi) is 7.68. The number of nitrogens with one attached hydrogen (secondary N) is 1. The van der Waals surface area contributed by atoms with Crippen molar-refractivity contribution in [2.45, 2.75) is 20.0 Å². The molecule has 1 unspecified atom stereocenters. The number of hydrogen-bond donors (Lipinski definition) is 1. The zero-order chi connectivity index (χ0) is 22.6. The first-order valence-corrected chi connectivity index (χ1v) is 10.1. The van der Waals surface area contributed by atoms with Gasteiger partial charge < -0.3 is 13.8 Å². The maximum Gasteiger partial charge on any atom is 0.513 e. The van der Waals surface area contributed by atoms with E-state index in [0.29, 0.717) is 0 Å². The molecule has 13 heteroatoms. The fourth-order valence-corrected chi connectivity index (χ4v) is 3.38. The lowest BCUT2D eigenvalue weighted by Crippen LogP contribution is -2.28. The van der Waals surface area contributed by atoms with Crippen LogP contribution in [0.5, 0.6) is 11.5 Å². The van der Waals surface area contributed by atoms with E-state index in [4.69, 9.17) is 20.9 Å². The SMILES string of the molecule is CC(C)OC(=O)CNP(=O)(Oc1ccc(Cl)cc1)Oc1c(F)c(F)c(F)c(F)c1F. The maximum absolute atomic E-state index is 13.9. The zero-order valence-electron chi connectivity index (χ0n) is 15.4. The van der Waals surface area contributed by atoms with Gasteiger partial charge in [-0.2, -0.15) is 13.9 Å². The van der Waals surface area contributed by atoms with Gasteiger partial charge in [-0.15, -0.1) is 0 Å². The third-order valence-corrected chi connectivity index (χ3v) is 4.88. The van der Waals surface area contributed by atoms with Crippen LogP contribution >= 0.6 is 19.3 Å². The summed E-state index contributed by atoms with van der Waals surface area (Å²) >= 11 is 5.70. The van der Waals surface area contributed by atoms with Gasteiger partial charge in [-0.3, -0.25) is 4.79 Å². The van der Waals surface area contributed by atoms with Gasteiger partial charge in [0.2, 0.25) is 34.8 Å². The number of carbonyl (C=O) groups is 1. The summed E-state index contributed by atoms with van der Waals surface area (Å²) in [5.74, 6) is -14.8. The molecule has 0 saturated heterocycles. The first kappa shape index (κ1) is 23.9. The van der Waals surface area contributed by atoms with Gasteiger partial charge in [0, 0.05) is 5.02 Å². The molecule has 0 fully saturated rings. The lowest BCUT2D eigenvalue weighted by molar-refractivity contribution is -0.145. The second-order valence-electron chi connectivity index (χ2n) is 5.91. The van der Waals surface area contributed by atoms with Crippen LogP contribution in [-0.2, 0) is 14.1 Å². The van der Waals surface area contributed by atoms with Crippen LogP contribution in [0.15, 0.2) is 24.3 Å². The first-order valence-electron chi connectivity index (χ1n) is 8.14. The maximum atomic E-state index is 13.9. The number of hydrogen-bond acceptors (Lipinski definition) is 5. The van der Waals surface area contributed by atoms with E-state index < -0.39 is 61.2 Å². The van der Waals surface area contributed by atoms with Gasteiger partial charge in [-0.25, -0.2) is 17.7 Å². The third kappa shape index (κ3) is 5.84. The van der Waals surface area contributed by atoms with E-state index in [1.807, 2.05) is 5.09 Å². The largest absolute Gasteiger partial charge is 0.513 e. The van der Waals surface area contributed by atoms with Crippen LogP contribution in [0.1, 0.15) is 13.8 Å². The molecule has 6 nitrogen and oxygen atoms in total. The Morgan fingerprint density at radius 2 is 1.47 bits per heavy atom. The summed E-state index contributed by atoms with van der Waals surface area (Å²) in [4.78, 5) is 11.7. The van der Waals surface area contributed by atoms with Gasteiger partial charge in [-0.05, 0) is 38.1 Å². The molecule has 2 aromatic carbocycles. The number of carbonyl (C=O) groups excluding carboxylic acids is 1. The Balaban J connectivity index is 2.39. The molecule has 1 atom stereocenters. The van der Waals surface area contributed by atoms with Gasteiger partial charge >= 0.3 is 13.7 Å². The highest BCUT2D eigenvalue weighted by Gasteiger charge is 2.36. The van der Waals surface area contributed by atoms with E-state index in [1.165, 1.54) is 38.1 Å². The van der Waals surface area contributed by atoms with Crippen molar-refractivity contribution in [3.8, 4) is 11.5 Å². The van der Waals surface area contributed by atoms with E-state index in [9.17, 15) is 31.3 Å². The fraction of sp³-hybridized carbons (Fsp3) is 0.235. The van der Waals surface area contributed by atoms with E-state index in [1.54, 1.807) is 0 Å². The molecule has 30 heavy (non-hydrogen) atoms. The summed E-state index contributed by atoms with van der Waals surface area (Å²) in [5.41, 5.74) is 0. The molecule has 0 heterocycles. The van der Waals surface area contributed by atoms with Crippen molar-refractivity contribution < 1.29 is 45.1 Å². The highest BCUT2D eigenvalue weighted by molar-refractivity contribution is 7.52. The third-order valence-electron chi connectivity index (χ3n) is 3.20. The summed E-state index contributed by atoms with van der Waals surface area (Å²) in [7, 11) is -4.91. The average Bonchev–Trinajstić information content (AvgIpc) is 2.68. The van der Waals surface area contributed by atoms with Crippen molar-refractivity contribution >= 4 is 25.3 Å². The number of benzene rings is 2. The second-order valence-corrected chi connectivity index (χ2v) is 8.02. The minimum Gasteiger partial charge on any atom is -0.462 e. The standard InChI is InChI=1S/C17H14ClF5NO5P/c1-8(2)27-11(25)7-24-30(26,28-10-5-3-9(18)4-6-10)29-17-15(22)13(20)12(19)14(21)16(17)23/h3-6,8H,7H2,1-2H3,(H,24,26). The number of ether oxygens (including phenoxy) is 1. The second kappa shape index (κ2) is 9.63. The lowest BCUT2D eigenvalue weighted by atomic mass is 10.3. The van der Waals surface area contributed by atoms with E-state index in [0.717, 1.165) is 0 Å². The quantitative estimate of drug-likeness (QED) is 0.188. The molecule has 2 rings (SSSR count). The zero-order valence-corrected chi connectivity index (χ0v) is 17.0. The van der Waals surface area contributed by atoms with Gasteiger partial charge in [0.25, 0.3) is 0 Å². The number of halogens is 6. The van der Waals surface area contributed by atoms with Crippen LogP contribution in [0.25, 0.3) is 0 Å². The Labute approximate surface area is 172 Å². The van der Waals surface area contributed by atoms with Crippen molar-refractivity contribution in [3.63, 3.8) is 0 Å². The van der Waals surface area contributed by atoms with Crippen molar-refractivity contribution in [1.29, 1.82) is 0 Å². The molecule has 0 radical (unpaired) electrons. The smallest absolute Gasteiger partial charge is 0.462 e. The lowest BCUT2D eigenvalue weighted by Gasteiger charge is -2.21. The van der Waals surface area contributed by atoms with E-state index in [2.05, 4.69) is 4.52 Å². The summed E-state index contributed by atoms with van der Waals surface area (Å²) in [5, 5.41) is 2.21. The Bertz CT molecular complexity index is 960. The minimum atomic E-state index is -4.91. The Morgan fingerprint density at radius 3 is 1.97 bits per heavy atom. The normalized spacial score (nSPS) is 13.1. The van der Waals surface area contributed by atoms with E-state index >= 15 is 0 Å². The highest BCUT2D eigenvalue weighted by atomic mass is 35.5. The van der Waals surface area contributed by atoms with Crippen LogP contribution in [0, 0.1) is 29.1 Å². The molecular formula is C17H14ClF5NO5P. The molecule has 0 saturated carbocycles. The van der Waals surface area contributed by atoms with Crippen LogP contribution in [-0.4, -0.2) is 18.6 Å². The number of esters is 1. The monoisotopic (exact) mass is 473 g/mol. The molecule has 1 N–H and O–H groups in total. The molecule has 0 aromatic heterocycles. The average molecular weight is 474 g/mol. The van der Waals surface area contributed by atoms with Crippen molar-refractivity contribution in [3.05, 3.63) is 58.4 Å². The summed E-state index contributed by atoms with van der Waals surface area (Å²) < 4.78 is 95.3. The first-order chi connectivity index (χ1) is 13.9. The van der Waals surface area contributed by atoms with Crippen molar-refractivity contribution in [1.82, 2.24) is 5.09 Å². The van der Waals surface area contributed by atoms with Gasteiger partial charge in [-0.1, -0.05) is 11.6 Å². The van der Waals surface area contributed by atoms with Crippen molar-refractivity contribution in [2.75, 3.05) is 6.54 Å². The predicted molar refractivity (Wildman–Crippen MR) is 95.8 cm³/mol. The van der Waals surface area contributed by atoms with Crippen LogP contribution in [0.4, 0.5) is 22.0 Å². The Morgan fingerprint density at radius 1 is 0.967 bits per heavy atom. The molecule has 0 bridgehead atoms. The van der Waals surface area contributed by atoms with Crippen LogP contribution in [0.3, 0.4) is 0 Å². The molecule has 164 valence electrons. The summed E-state index contributed by atoms with van der Waals surface area (Å²) in [6.45, 7) is 2.21. The molecule has 0 aliphatic heterocycles. The molecule has 0 aliphatic rings. The predicted octanol–water partition coefficient (Wildman–Crippen LogP) is 5.14. The molecular weight excluding hydrogens is 460 g/mol. The Hall–Kier alpha value is -2.36. The van der Waals surface area contributed by atoms with Gasteiger partial charge in [0.05, 0.1) is 6.10 Å². The highest BCUT2D eigenvalue weighted by Crippen LogP contribution is 2.47. The molecule has 2 aromatic rings. The minimum absolute atomic E-state index is 0.212. The molecule has 0 spiro atoms. The fourth-order valence-electron chi connectivity index (χ4n) is 1.97. The summed E-state index contributed by atoms with van der Waals surface area (Å²) in [6, 6.07) is 4.97. The van der Waals surface area contributed by atoms with Crippen LogP contribution < -0.4 is 14.1 Å². The number of rotatable bonds is 8. The van der Waals surface area contributed by atoms with Crippen LogP contribution in [0.2, 0.25) is 5.02 Å². The van der Waals surface area contributed by atoms with Gasteiger partial charge in [0.1, 0.15) is 12.3 Å². The molecule has 0 amide bonds. The van der Waals surface area contributed by atoms with Crippen molar-refractivity contribution in [2.24, 2.45) is 0 Å². The van der Waals surface area contributed by atoms with E-state index in [-0.39, 0.29) is 10.8 Å². The molecule has 0 aliphatic carbocycles. The summed E-state index contributed by atoms with van der Waals surface area (Å²) in [6.07, 6.45) is -0.549.